The van der Waals surface area contributed by atoms with E-state index in [9.17, 15) is 14.0 Å². The second kappa shape index (κ2) is 6.00. The van der Waals surface area contributed by atoms with Gasteiger partial charge in [-0.25, -0.2) is 8.78 Å². The van der Waals surface area contributed by atoms with E-state index < -0.39 is 17.2 Å². The molecule has 2 aromatic carbocycles. The maximum Gasteiger partial charge on any atom is 0.151 e. The van der Waals surface area contributed by atoms with Crippen LogP contribution in [0.25, 0.3) is 0 Å². The second-order valence-electron chi connectivity index (χ2n) is 4.61. The lowest BCUT2D eigenvalue weighted by Gasteiger charge is -2.25. The molecule has 21 heavy (non-hydrogen) atoms. The number of benzene rings is 2. The molecule has 0 bridgehead atoms. The van der Waals surface area contributed by atoms with Gasteiger partial charge in [0.25, 0.3) is 0 Å². The Bertz CT molecular complexity index is 730. The zero-order chi connectivity index (χ0) is 15.6. The molecule has 108 valence electrons. The van der Waals surface area contributed by atoms with Crippen LogP contribution in [-0.4, -0.2) is 0 Å². The van der Waals surface area contributed by atoms with Gasteiger partial charge in [0, 0.05) is 21.8 Å². The minimum atomic E-state index is -1.34. The second-order valence-corrected chi connectivity index (χ2v) is 5.88. The predicted octanol–water partition coefficient (Wildman–Crippen LogP) is 5.23. The van der Waals surface area contributed by atoms with Crippen LogP contribution in [0, 0.1) is 23.0 Å². The van der Waals surface area contributed by atoms with Gasteiger partial charge < -0.3 is 5.32 Å². The van der Waals surface area contributed by atoms with Crippen LogP contribution in [-0.2, 0) is 5.54 Å². The van der Waals surface area contributed by atoms with Gasteiger partial charge in [-0.3, -0.25) is 0 Å². The van der Waals surface area contributed by atoms with Crippen molar-refractivity contribution in [2.24, 2.45) is 0 Å². The van der Waals surface area contributed by atoms with Crippen LogP contribution in [0.3, 0.4) is 0 Å². The third-order valence-corrected chi connectivity index (χ3v) is 4.22. The molecule has 0 aliphatic heterocycles. The highest BCUT2D eigenvalue weighted by atomic mass is 79.9. The highest BCUT2D eigenvalue weighted by Crippen LogP contribution is 2.31. The Morgan fingerprint density at radius 2 is 1.95 bits per heavy atom. The zero-order valence-corrected chi connectivity index (χ0v) is 13.3. The quantitative estimate of drug-likeness (QED) is 0.802. The standard InChI is InChI=1S/C15H10BrClF2N2/c1-15(8-20,11-4-2-9(18)6-14(11)19)21-10-3-5-13(17)12(16)7-10/h2-7,21H,1H3. The van der Waals surface area contributed by atoms with Crippen LogP contribution in [0.15, 0.2) is 40.9 Å². The molecule has 0 amide bonds. The molecule has 1 N–H and O–H groups in total. The number of nitrogens with one attached hydrogen (secondary N) is 1. The molecule has 0 aliphatic carbocycles. The summed E-state index contributed by atoms with van der Waals surface area (Å²) in [6.07, 6.45) is 0. The van der Waals surface area contributed by atoms with Gasteiger partial charge in [0.15, 0.2) is 5.54 Å². The van der Waals surface area contributed by atoms with Crippen LogP contribution < -0.4 is 5.32 Å². The first-order valence-electron chi connectivity index (χ1n) is 5.96. The number of anilines is 1. The summed E-state index contributed by atoms with van der Waals surface area (Å²) in [6.45, 7) is 1.52. The van der Waals surface area contributed by atoms with E-state index in [-0.39, 0.29) is 5.56 Å². The Hall–Kier alpha value is -1.64. The van der Waals surface area contributed by atoms with Gasteiger partial charge in [0.2, 0.25) is 0 Å². The van der Waals surface area contributed by atoms with Crippen molar-refractivity contribution in [2.45, 2.75) is 12.5 Å². The van der Waals surface area contributed by atoms with Crippen molar-refractivity contribution in [3.8, 4) is 6.07 Å². The van der Waals surface area contributed by atoms with E-state index in [4.69, 9.17) is 11.6 Å². The van der Waals surface area contributed by atoms with E-state index in [0.717, 1.165) is 12.1 Å². The van der Waals surface area contributed by atoms with Crippen molar-refractivity contribution >= 4 is 33.2 Å². The number of rotatable bonds is 3. The molecule has 0 radical (unpaired) electrons. The molecule has 1 unspecified atom stereocenters. The fourth-order valence-electron chi connectivity index (χ4n) is 1.91. The molecular weight excluding hydrogens is 362 g/mol. The Morgan fingerprint density at radius 1 is 1.24 bits per heavy atom. The summed E-state index contributed by atoms with van der Waals surface area (Å²) >= 11 is 9.18. The van der Waals surface area contributed by atoms with E-state index in [2.05, 4.69) is 21.2 Å². The molecular formula is C15H10BrClF2N2. The molecule has 0 fully saturated rings. The minimum Gasteiger partial charge on any atom is -0.364 e. The molecule has 0 saturated carbocycles. The molecule has 0 spiro atoms. The van der Waals surface area contributed by atoms with E-state index in [1.165, 1.54) is 13.0 Å². The molecule has 2 aromatic rings. The number of halogens is 4. The average Bonchev–Trinajstić information content (AvgIpc) is 2.42. The third kappa shape index (κ3) is 3.34. The largest absolute Gasteiger partial charge is 0.364 e. The van der Waals surface area contributed by atoms with Crippen molar-refractivity contribution in [1.29, 1.82) is 5.26 Å². The Labute approximate surface area is 134 Å². The predicted molar refractivity (Wildman–Crippen MR) is 82.1 cm³/mol. The lowest BCUT2D eigenvalue weighted by molar-refractivity contribution is 0.547. The molecule has 2 nitrogen and oxygen atoms in total. The number of hydrogen-bond donors (Lipinski definition) is 1. The molecule has 2 rings (SSSR count). The summed E-state index contributed by atoms with van der Waals surface area (Å²) in [6, 6.07) is 10.1. The molecule has 6 heteroatoms. The molecule has 0 heterocycles. The van der Waals surface area contributed by atoms with Crippen LogP contribution in [0.5, 0.6) is 0 Å². The monoisotopic (exact) mass is 370 g/mol. The molecule has 0 aromatic heterocycles. The highest BCUT2D eigenvalue weighted by Gasteiger charge is 2.29. The fourth-order valence-corrected chi connectivity index (χ4v) is 2.41. The molecule has 0 saturated heterocycles. The first kappa shape index (κ1) is 15.7. The zero-order valence-electron chi connectivity index (χ0n) is 10.9. The van der Waals surface area contributed by atoms with Gasteiger partial charge in [-0.2, -0.15) is 5.26 Å². The molecule has 1 atom stereocenters. The summed E-state index contributed by atoms with van der Waals surface area (Å²) in [5.41, 5.74) is -0.693. The molecule has 0 aliphatic rings. The number of nitriles is 1. The van der Waals surface area contributed by atoms with Crippen molar-refractivity contribution in [2.75, 3.05) is 5.32 Å². The van der Waals surface area contributed by atoms with E-state index in [1.54, 1.807) is 18.2 Å². The summed E-state index contributed by atoms with van der Waals surface area (Å²) < 4.78 is 27.6. The van der Waals surface area contributed by atoms with Crippen molar-refractivity contribution < 1.29 is 8.78 Å². The first-order valence-corrected chi connectivity index (χ1v) is 7.13. The summed E-state index contributed by atoms with van der Waals surface area (Å²) in [4.78, 5) is 0. The van der Waals surface area contributed by atoms with Crippen LogP contribution >= 0.6 is 27.5 Å². The van der Waals surface area contributed by atoms with Crippen molar-refractivity contribution in [3.63, 3.8) is 0 Å². The highest BCUT2D eigenvalue weighted by molar-refractivity contribution is 9.10. The Kier molecular flexibility index (Phi) is 4.50. The number of hydrogen-bond acceptors (Lipinski definition) is 2. The van der Waals surface area contributed by atoms with Gasteiger partial charge in [-0.15, -0.1) is 0 Å². The van der Waals surface area contributed by atoms with Gasteiger partial charge in [-0.1, -0.05) is 11.6 Å². The Balaban J connectivity index is 2.41. The van der Waals surface area contributed by atoms with Crippen molar-refractivity contribution in [1.82, 2.24) is 0 Å². The first-order chi connectivity index (χ1) is 9.85. The topological polar surface area (TPSA) is 35.8 Å². The van der Waals surface area contributed by atoms with Crippen LogP contribution in [0.2, 0.25) is 5.02 Å². The lowest BCUT2D eigenvalue weighted by atomic mass is 9.92. The average molecular weight is 372 g/mol. The summed E-state index contributed by atoms with van der Waals surface area (Å²) in [5, 5.41) is 12.9. The minimum absolute atomic E-state index is 0.0671. The maximum atomic E-state index is 13.9. The summed E-state index contributed by atoms with van der Waals surface area (Å²) in [5.74, 6) is -1.47. The van der Waals surface area contributed by atoms with Crippen molar-refractivity contribution in [3.05, 3.63) is 63.1 Å². The Morgan fingerprint density at radius 3 is 2.52 bits per heavy atom. The number of nitrogens with zero attached hydrogens (tertiary/aromatic N) is 1. The van der Waals surface area contributed by atoms with E-state index >= 15 is 0 Å². The fraction of sp³-hybridized carbons (Fsp3) is 0.133. The lowest BCUT2D eigenvalue weighted by Crippen LogP contribution is -2.31. The van der Waals surface area contributed by atoms with Crippen LogP contribution in [0.1, 0.15) is 12.5 Å². The SMILES string of the molecule is CC(C#N)(Nc1ccc(Cl)c(Br)c1)c1ccc(F)cc1F. The van der Waals surface area contributed by atoms with Gasteiger partial charge in [0.05, 0.1) is 11.1 Å². The third-order valence-electron chi connectivity index (χ3n) is 3.01. The maximum absolute atomic E-state index is 13.9. The smallest absolute Gasteiger partial charge is 0.151 e. The summed E-state index contributed by atoms with van der Waals surface area (Å²) in [7, 11) is 0. The van der Waals surface area contributed by atoms with E-state index in [1.807, 2.05) is 6.07 Å². The van der Waals surface area contributed by atoms with Gasteiger partial charge in [0.1, 0.15) is 11.6 Å². The van der Waals surface area contributed by atoms with Gasteiger partial charge in [-0.05, 0) is 53.2 Å². The van der Waals surface area contributed by atoms with E-state index in [0.29, 0.717) is 15.2 Å². The van der Waals surface area contributed by atoms with Gasteiger partial charge >= 0.3 is 0 Å². The normalized spacial score (nSPS) is 13.3. The van der Waals surface area contributed by atoms with Crippen LogP contribution in [0.4, 0.5) is 14.5 Å².